The number of hydrogen-bond acceptors (Lipinski definition) is 4. The highest BCUT2D eigenvalue weighted by molar-refractivity contribution is 6.77. The Morgan fingerprint density at radius 3 is 2.17 bits per heavy atom. The summed E-state index contributed by atoms with van der Waals surface area (Å²) in [6, 6.07) is 10.1. The number of hydrogen-bond donors (Lipinski definition) is 0. The maximum Gasteiger partial charge on any atom is 0.201 e. The molecule has 0 saturated heterocycles. The van der Waals surface area contributed by atoms with Gasteiger partial charge in [0.05, 0.1) is 25.1 Å². The predicted molar refractivity (Wildman–Crippen MR) is 121 cm³/mol. The quantitative estimate of drug-likeness (QED) is 0.235. The summed E-state index contributed by atoms with van der Waals surface area (Å²) in [4.78, 5) is 0. The van der Waals surface area contributed by atoms with Crippen LogP contribution in [0.4, 0.5) is 0 Å². The first-order chi connectivity index (χ1) is 13.8. The molecule has 164 valence electrons. The minimum atomic E-state index is -1.92. The van der Waals surface area contributed by atoms with Crippen LogP contribution in [0, 0.1) is 0 Å². The number of ether oxygens (including phenoxy) is 3. The second-order valence-corrected chi connectivity index (χ2v) is 14.4. The van der Waals surface area contributed by atoms with Crippen molar-refractivity contribution in [2.75, 3.05) is 6.79 Å². The van der Waals surface area contributed by atoms with E-state index < -0.39 is 8.32 Å². The topological polar surface area (TPSA) is 36.9 Å². The summed E-state index contributed by atoms with van der Waals surface area (Å²) in [5.41, 5.74) is 2.85. The maximum atomic E-state index is 6.91. The zero-order chi connectivity index (χ0) is 21.4. The zero-order valence-electron chi connectivity index (χ0n) is 19.3. The molecule has 1 aromatic carbocycles. The van der Waals surface area contributed by atoms with Crippen LogP contribution in [0.25, 0.3) is 0 Å². The fraction of sp³-hybridized carbons (Fsp3) is 0.667. The lowest BCUT2D eigenvalue weighted by Gasteiger charge is -2.45. The SMILES string of the molecule is CC(C)[Si](O[C@@H]1C=CO[C@H]([C@H](C)OCOCc2ccccc2)C1)(C(C)C)C(C)C. The molecule has 29 heavy (non-hydrogen) atoms. The fourth-order valence-electron chi connectivity index (χ4n) is 4.65. The van der Waals surface area contributed by atoms with Gasteiger partial charge < -0.3 is 18.6 Å². The van der Waals surface area contributed by atoms with Crippen LogP contribution in [0.3, 0.4) is 0 Å². The van der Waals surface area contributed by atoms with Crippen LogP contribution < -0.4 is 0 Å². The molecule has 0 unspecified atom stereocenters. The van der Waals surface area contributed by atoms with E-state index in [0.717, 1.165) is 12.0 Å². The van der Waals surface area contributed by atoms with Crippen molar-refractivity contribution in [1.29, 1.82) is 0 Å². The smallest absolute Gasteiger partial charge is 0.201 e. The van der Waals surface area contributed by atoms with Crippen molar-refractivity contribution < 1.29 is 18.6 Å². The molecule has 0 aliphatic carbocycles. The average molecular weight is 421 g/mol. The molecule has 0 bridgehead atoms. The Balaban J connectivity index is 1.87. The van der Waals surface area contributed by atoms with Gasteiger partial charge in [0.1, 0.15) is 12.9 Å². The van der Waals surface area contributed by atoms with E-state index in [1.807, 2.05) is 25.1 Å². The first-order valence-corrected chi connectivity index (χ1v) is 13.1. The second kappa shape index (κ2) is 11.3. The summed E-state index contributed by atoms with van der Waals surface area (Å²) in [5.74, 6) is 0. The van der Waals surface area contributed by atoms with Crippen LogP contribution in [-0.2, 0) is 25.2 Å². The molecular formula is C24H40O4Si. The summed E-state index contributed by atoms with van der Waals surface area (Å²) in [7, 11) is -1.92. The maximum absolute atomic E-state index is 6.91. The van der Waals surface area contributed by atoms with Gasteiger partial charge in [0.15, 0.2) is 0 Å². The van der Waals surface area contributed by atoms with E-state index in [0.29, 0.717) is 23.2 Å². The van der Waals surface area contributed by atoms with Crippen LogP contribution in [0.1, 0.15) is 60.5 Å². The van der Waals surface area contributed by atoms with Crippen molar-refractivity contribution in [2.24, 2.45) is 0 Å². The van der Waals surface area contributed by atoms with E-state index >= 15 is 0 Å². The molecule has 0 amide bonds. The Hall–Kier alpha value is -1.14. The summed E-state index contributed by atoms with van der Waals surface area (Å²) in [6.07, 6.45) is 4.69. The van der Waals surface area contributed by atoms with Crippen LogP contribution in [0.5, 0.6) is 0 Å². The largest absolute Gasteiger partial charge is 0.495 e. The van der Waals surface area contributed by atoms with Gasteiger partial charge in [-0.15, -0.1) is 0 Å². The minimum absolute atomic E-state index is 0.0245. The van der Waals surface area contributed by atoms with Crippen molar-refractivity contribution in [1.82, 2.24) is 0 Å². The summed E-state index contributed by atoms with van der Waals surface area (Å²) in [5, 5.41) is 0. The van der Waals surface area contributed by atoms with Crippen molar-refractivity contribution >= 4 is 8.32 Å². The lowest BCUT2D eigenvalue weighted by Crippen LogP contribution is -2.51. The van der Waals surface area contributed by atoms with E-state index in [-0.39, 0.29) is 25.1 Å². The van der Waals surface area contributed by atoms with Crippen molar-refractivity contribution in [3.63, 3.8) is 0 Å². The highest BCUT2D eigenvalue weighted by Crippen LogP contribution is 2.43. The monoisotopic (exact) mass is 420 g/mol. The summed E-state index contributed by atoms with van der Waals surface area (Å²) in [6.45, 7) is 16.8. The highest BCUT2D eigenvalue weighted by atomic mass is 28.4. The van der Waals surface area contributed by atoms with Gasteiger partial charge in [-0.1, -0.05) is 71.9 Å². The van der Waals surface area contributed by atoms with E-state index in [1.54, 1.807) is 6.26 Å². The molecule has 1 aliphatic heterocycles. The normalized spacial score (nSPS) is 21.0. The lowest BCUT2D eigenvalue weighted by molar-refractivity contribution is -0.131. The first-order valence-electron chi connectivity index (χ1n) is 11.0. The Bertz CT molecular complexity index is 593. The van der Waals surface area contributed by atoms with Crippen molar-refractivity contribution in [2.45, 2.75) is 96.4 Å². The Labute approximate surface area is 178 Å². The van der Waals surface area contributed by atoms with Crippen LogP contribution in [-0.4, -0.2) is 33.4 Å². The molecule has 0 spiro atoms. The van der Waals surface area contributed by atoms with Crippen LogP contribution >= 0.6 is 0 Å². The van der Waals surface area contributed by atoms with Gasteiger partial charge >= 0.3 is 0 Å². The molecule has 1 heterocycles. The van der Waals surface area contributed by atoms with Gasteiger partial charge in [0, 0.05) is 6.42 Å². The molecule has 4 nitrogen and oxygen atoms in total. The fourth-order valence-corrected chi connectivity index (χ4v) is 10.2. The van der Waals surface area contributed by atoms with Gasteiger partial charge in [-0.05, 0) is 35.2 Å². The Kier molecular flexibility index (Phi) is 9.40. The molecule has 0 saturated carbocycles. The Morgan fingerprint density at radius 1 is 0.966 bits per heavy atom. The molecule has 0 fully saturated rings. The molecule has 3 atom stereocenters. The summed E-state index contributed by atoms with van der Waals surface area (Å²) >= 11 is 0. The highest BCUT2D eigenvalue weighted by Gasteiger charge is 2.47. The molecule has 5 heteroatoms. The van der Waals surface area contributed by atoms with Crippen molar-refractivity contribution in [3.05, 3.63) is 48.2 Å². The van der Waals surface area contributed by atoms with Gasteiger partial charge in [-0.2, -0.15) is 0 Å². The standard InChI is InChI=1S/C24H40O4Si/c1-18(2)29(19(3)4,20(5)6)28-23-13-14-26-24(15-23)21(7)27-17-25-16-22-11-9-8-10-12-22/h8-14,18-21,23-24H,15-17H2,1-7H3/t21-,23+,24-/m0/s1. The summed E-state index contributed by atoms with van der Waals surface area (Å²) < 4.78 is 24.3. The first kappa shape index (κ1) is 24.1. The van der Waals surface area contributed by atoms with Gasteiger partial charge in [0.2, 0.25) is 8.32 Å². The van der Waals surface area contributed by atoms with E-state index in [1.165, 1.54) is 0 Å². The van der Waals surface area contributed by atoms with Gasteiger partial charge in [0.25, 0.3) is 0 Å². The Morgan fingerprint density at radius 2 is 1.59 bits per heavy atom. The van der Waals surface area contributed by atoms with E-state index in [2.05, 4.69) is 59.8 Å². The third-order valence-corrected chi connectivity index (χ3v) is 12.2. The van der Waals surface area contributed by atoms with Gasteiger partial charge in [-0.25, -0.2) is 0 Å². The molecule has 0 N–H and O–H groups in total. The van der Waals surface area contributed by atoms with Crippen LogP contribution in [0.15, 0.2) is 42.7 Å². The molecule has 1 aromatic rings. The predicted octanol–water partition coefficient (Wildman–Crippen LogP) is 6.43. The molecule has 1 aliphatic rings. The number of rotatable bonds is 11. The lowest BCUT2D eigenvalue weighted by atomic mass is 10.1. The van der Waals surface area contributed by atoms with E-state index in [4.69, 9.17) is 18.6 Å². The molecular weight excluding hydrogens is 380 g/mol. The minimum Gasteiger partial charge on any atom is -0.495 e. The average Bonchev–Trinajstić information content (AvgIpc) is 2.69. The van der Waals surface area contributed by atoms with Gasteiger partial charge in [-0.3, -0.25) is 0 Å². The zero-order valence-corrected chi connectivity index (χ0v) is 20.3. The third-order valence-electron chi connectivity index (χ3n) is 6.12. The van der Waals surface area contributed by atoms with E-state index in [9.17, 15) is 0 Å². The molecule has 0 aromatic heterocycles. The molecule has 2 rings (SSSR count). The van der Waals surface area contributed by atoms with Crippen LogP contribution in [0.2, 0.25) is 16.6 Å². The van der Waals surface area contributed by atoms with Crippen molar-refractivity contribution in [3.8, 4) is 0 Å². The molecule has 0 radical (unpaired) electrons. The second-order valence-electron chi connectivity index (χ2n) is 9.04. The number of benzene rings is 1. The third kappa shape index (κ3) is 6.42.